The van der Waals surface area contributed by atoms with Crippen molar-refractivity contribution in [2.75, 3.05) is 0 Å². The highest BCUT2D eigenvalue weighted by molar-refractivity contribution is 5.94. The van der Waals surface area contributed by atoms with Gasteiger partial charge < -0.3 is 0 Å². The number of allylic oxidation sites excluding steroid dienone is 2. The van der Waals surface area contributed by atoms with E-state index in [1.54, 1.807) is 5.57 Å². The lowest BCUT2D eigenvalue weighted by Crippen LogP contribution is -2.39. The molecule has 1 aliphatic rings. The molecule has 0 atom stereocenters. The highest BCUT2D eigenvalue weighted by Gasteiger charge is 2.44. The average Bonchev–Trinajstić information content (AvgIpc) is 2.34. The van der Waals surface area contributed by atoms with Gasteiger partial charge in [-0.1, -0.05) is 69.2 Å². The van der Waals surface area contributed by atoms with Gasteiger partial charge in [-0.15, -0.1) is 0 Å². The van der Waals surface area contributed by atoms with Crippen LogP contribution in [0.5, 0.6) is 0 Å². The van der Waals surface area contributed by atoms with Crippen molar-refractivity contribution in [3.8, 4) is 0 Å². The molecule has 0 heterocycles. The van der Waals surface area contributed by atoms with E-state index in [1.807, 2.05) is 0 Å². The minimum Gasteiger partial charge on any atom is -0.0755 e. The van der Waals surface area contributed by atoms with Gasteiger partial charge in [0.25, 0.3) is 0 Å². The Kier molecular flexibility index (Phi) is 2.89. The van der Waals surface area contributed by atoms with Crippen LogP contribution in [0.2, 0.25) is 0 Å². The maximum Gasteiger partial charge on any atom is 0.0125 e. The van der Waals surface area contributed by atoms with Crippen LogP contribution in [0.3, 0.4) is 0 Å². The zero-order valence-electron chi connectivity index (χ0n) is 14.4. The van der Waals surface area contributed by atoms with E-state index in [0.29, 0.717) is 0 Å². The largest absolute Gasteiger partial charge is 0.0755 e. The molecule has 0 fully saturated rings. The maximum absolute atomic E-state index is 2.40. The SMILES string of the molecule is CC(C)=C1C(C)(C)c2cccc3ccc(C)c(c23)C1(C)C. The lowest BCUT2D eigenvalue weighted by Gasteiger charge is -2.47. The van der Waals surface area contributed by atoms with Crippen molar-refractivity contribution in [1.29, 1.82) is 0 Å². The van der Waals surface area contributed by atoms with Crippen molar-refractivity contribution in [3.05, 3.63) is 58.2 Å². The van der Waals surface area contributed by atoms with Crippen LogP contribution < -0.4 is 0 Å². The second kappa shape index (κ2) is 4.22. The number of hydrogen-bond donors (Lipinski definition) is 0. The lowest BCUT2D eigenvalue weighted by molar-refractivity contribution is 0.467. The fraction of sp³-hybridized carbons (Fsp3) is 0.429. The van der Waals surface area contributed by atoms with Gasteiger partial charge in [0.1, 0.15) is 0 Å². The average molecular weight is 278 g/mol. The molecular formula is C21H26. The molecule has 0 saturated carbocycles. The molecule has 0 saturated heterocycles. The summed E-state index contributed by atoms with van der Waals surface area (Å²) in [6.45, 7) is 16.4. The van der Waals surface area contributed by atoms with Gasteiger partial charge in [0, 0.05) is 10.8 Å². The van der Waals surface area contributed by atoms with Crippen LogP contribution in [0.25, 0.3) is 10.8 Å². The van der Waals surface area contributed by atoms with E-state index in [1.165, 1.54) is 33.0 Å². The molecule has 0 aliphatic heterocycles. The second-order valence-corrected chi connectivity index (χ2v) is 7.79. The fourth-order valence-electron chi connectivity index (χ4n) is 5.10. The Morgan fingerprint density at radius 3 is 2.14 bits per heavy atom. The zero-order chi connectivity index (χ0) is 15.6. The first kappa shape index (κ1) is 14.4. The Hall–Kier alpha value is -1.56. The molecule has 0 amide bonds. The van der Waals surface area contributed by atoms with Crippen molar-refractivity contribution in [2.45, 2.75) is 59.3 Å². The van der Waals surface area contributed by atoms with Gasteiger partial charge in [-0.05, 0) is 48.2 Å². The predicted octanol–water partition coefficient (Wildman–Crippen LogP) is 6.05. The van der Waals surface area contributed by atoms with E-state index in [-0.39, 0.29) is 10.8 Å². The number of benzene rings is 2. The summed E-state index contributed by atoms with van der Waals surface area (Å²) >= 11 is 0. The molecule has 2 aromatic carbocycles. The summed E-state index contributed by atoms with van der Waals surface area (Å²) in [6, 6.07) is 11.3. The van der Waals surface area contributed by atoms with Gasteiger partial charge in [0.05, 0.1) is 0 Å². The molecule has 0 radical (unpaired) electrons. The molecule has 0 aromatic heterocycles. The molecule has 0 unspecified atom stereocenters. The van der Waals surface area contributed by atoms with Crippen molar-refractivity contribution in [1.82, 2.24) is 0 Å². The minimum atomic E-state index is 0.0836. The first-order chi connectivity index (χ1) is 9.69. The van der Waals surface area contributed by atoms with Gasteiger partial charge in [-0.2, -0.15) is 0 Å². The van der Waals surface area contributed by atoms with Gasteiger partial charge in [0.2, 0.25) is 0 Å². The zero-order valence-corrected chi connectivity index (χ0v) is 14.4. The second-order valence-electron chi connectivity index (χ2n) is 7.79. The van der Waals surface area contributed by atoms with E-state index >= 15 is 0 Å². The summed E-state index contributed by atoms with van der Waals surface area (Å²) in [5, 5.41) is 2.86. The number of hydrogen-bond acceptors (Lipinski definition) is 0. The first-order valence-electron chi connectivity index (χ1n) is 7.90. The molecule has 2 aromatic rings. The molecule has 0 heteroatoms. The third kappa shape index (κ3) is 1.75. The highest BCUT2D eigenvalue weighted by atomic mass is 14.5. The van der Waals surface area contributed by atoms with Crippen LogP contribution in [0.1, 0.15) is 58.2 Å². The van der Waals surface area contributed by atoms with Crippen LogP contribution in [0.15, 0.2) is 41.5 Å². The van der Waals surface area contributed by atoms with E-state index in [2.05, 4.69) is 78.8 Å². The summed E-state index contributed by atoms with van der Waals surface area (Å²) in [7, 11) is 0. The molecule has 0 spiro atoms. The minimum absolute atomic E-state index is 0.0836. The molecule has 0 nitrogen and oxygen atoms in total. The highest BCUT2D eigenvalue weighted by Crippen LogP contribution is 2.54. The van der Waals surface area contributed by atoms with Gasteiger partial charge >= 0.3 is 0 Å². The Bertz CT molecular complexity index is 766. The summed E-state index contributed by atoms with van der Waals surface area (Å²) in [5.74, 6) is 0. The van der Waals surface area contributed by atoms with Crippen molar-refractivity contribution in [2.24, 2.45) is 0 Å². The van der Waals surface area contributed by atoms with Crippen LogP contribution >= 0.6 is 0 Å². The molecule has 0 N–H and O–H groups in total. The van der Waals surface area contributed by atoms with E-state index in [9.17, 15) is 0 Å². The number of rotatable bonds is 0. The van der Waals surface area contributed by atoms with Crippen LogP contribution in [0, 0.1) is 6.92 Å². The molecule has 0 bridgehead atoms. The number of aryl methyl sites for hydroxylation is 1. The molecule has 110 valence electrons. The summed E-state index contributed by atoms with van der Waals surface area (Å²) in [4.78, 5) is 0. The molecule has 3 rings (SSSR count). The van der Waals surface area contributed by atoms with Gasteiger partial charge in [-0.3, -0.25) is 0 Å². The Morgan fingerprint density at radius 2 is 1.52 bits per heavy atom. The third-order valence-corrected chi connectivity index (χ3v) is 5.30. The van der Waals surface area contributed by atoms with Crippen molar-refractivity contribution < 1.29 is 0 Å². The maximum atomic E-state index is 2.40. The van der Waals surface area contributed by atoms with Crippen LogP contribution in [-0.2, 0) is 10.8 Å². The monoisotopic (exact) mass is 278 g/mol. The lowest BCUT2D eigenvalue weighted by atomic mass is 9.56. The fourth-order valence-corrected chi connectivity index (χ4v) is 5.10. The van der Waals surface area contributed by atoms with E-state index in [0.717, 1.165) is 0 Å². The van der Waals surface area contributed by atoms with Crippen LogP contribution in [0.4, 0.5) is 0 Å². The van der Waals surface area contributed by atoms with Crippen molar-refractivity contribution >= 4 is 10.8 Å². The molecule has 21 heavy (non-hydrogen) atoms. The Balaban J connectivity index is 2.61. The standard InChI is InChI=1S/C21H26/c1-13(2)19-20(4,5)16-10-8-9-15-12-11-14(3)18(17(15)16)21(19,6)7/h8-12H,1-7H3. The van der Waals surface area contributed by atoms with Crippen molar-refractivity contribution in [3.63, 3.8) is 0 Å². The first-order valence-corrected chi connectivity index (χ1v) is 7.90. The third-order valence-electron chi connectivity index (χ3n) is 5.30. The Morgan fingerprint density at radius 1 is 0.857 bits per heavy atom. The van der Waals surface area contributed by atoms with Gasteiger partial charge in [-0.25, -0.2) is 0 Å². The van der Waals surface area contributed by atoms with E-state index < -0.39 is 0 Å². The van der Waals surface area contributed by atoms with E-state index in [4.69, 9.17) is 0 Å². The smallest absolute Gasteiger partial charge is 0.0125 e. The van der Waals surface area contributed by atoms with Gasteiger partial charge in [0.15, 0.2) is 0 Å². The normalized spacial score (nSPS) is 18.9. The van der Waals surface area contributed by atoms with Crippen LogP contribution in [-0.4, -0.2) is 0 Å². The predicted molar refractivity (Wildman–Crippen MR) is 93.1 cm³/mol. The Labute approximate surface area is 128 Å². The summed E-state index contributed by atoms with van der Waals surface area (Å²) < 4.78 is 0. The quantitative estimate of drug-likeness (QED) is 0.514. The molecular weight excluding hydrogens is 252 g/mol. The summed E-state index contributed by atoms with van der Waals surface area (Å²) in [6.07, 6.45) is 0. The summed E-state index contributed by atoms with van der Waals surface area (Å²) in [5.41, 5.74) is 7.61. The topological polar surface area (TPSA) is 0 Å². The molecule has 1 aliphatic carbocycles.